The molecule has 0 saturated carbocycles. The number of aromatic nitrogens is 1. The lowest BCUT2D eigenvalue weighted by atomic mass is 10.2. The van der Waals surface area contributed by atoms with Crippen LogP contribution in [0.3, 0.4) is 0 Å². The molecule has 24 heavy (non-hydrogen) atoms. The number of esters is 1. The maximum atomic E-state index is 11.9. The first-order valence-electron chi connectivity index (χ1n) is 7.29. The number of aryl methyl sites for hydroxylation is 2. The van der Waals surface area contributed by atoms with Gasteiger partial charge in [0.25, 0.3) is 0 Å². The Morgan fingerprint density at radius 1 is 1.38 bits per heavy atom. The first kappa shape index (κ1) is 17.3. The first-order chi connectivity index (χ1) is 11.5. The van der Waals surface area contributed by atoms with Crippen molar-refractivity contribution in [2.75, 3.05) is 7.11 Å². The summed E-state index contributed by atoms with van der Waals surface area (Å²) in [5.74, 6) is 0.958. The second-order valence-corrected chi connectivity index (χ2v) is 5.13. The van der Waals surface area contributed by atoms with Crippen molar-refractivity contribution in [3.8, 4) is 17.6 Å². The van der Waals surface area contributed by atoms with E-state index >= 15 is 0 Å². The molecule has 0 bridgehead atoms. The average Bonchev–Trinajstić information content (AvgIpc) is 2.90. The Hall–Kier alpha value is -3.01. The van der Waals surface area contributed by atoms with Crippen LogP contribution in [0.25, 0.3) is 0 Å². The molecule has 0 spiro atoms. The van der Waals surface area contributed by atoms with Crippen molar-refractivity contribution in [1.29, 1.82) is 5.26 Å². The van der Waals surface area contributed by atoms with Crippen LogP contribution in [-0.4, -0.2) is 24.3 Å². The van der Waals surface area contributed by atoms with E-state index in [-0.39, 0.29) is 12.2 Å². The van der Waals surface area contributed by atoms with Crippen LogP contribution in [0.2, 0.25) is 0 Å². The fourth-order valence-electron chi connectivity index (χ4n) is 2.03. The van der Waals surface area contributed by atoms with Gasteiger partial charge in [0.05, 0.1) is 23.9 Å². The first-order valence-corrected chi connectivity index (χ1v) is 7.29. The minimum absolute atomic E-state index is 0.271. The van der Waals surface area contributed by atoms with Gasteiger partial charge in [0.2, 0.25) is 0 Å². The molecule has 126 valence electrons. The van der Waals surface area contributed by atoms with Crippen LogP contribution in [-0.2, 0) is 11.3 Å². The monoisotopic (exact) mass is 330 g/mol. The number of hydrogen-bond donors (Lipinski definition) is 0. The summed E-state index contributed by atoms with van der Waals surface area (Å²) in [6.45, 7) is 5.41. The molecule has 1 aromatic heterocycles. The van der Waals surface area contributed by atoms with Crippen LogP contribution in [0.1, 0.15) is 34.3 Å². The molecular weight excluding hydrogens is 312 g/mol. The van der Waals surface area contributed by atoms with Gasteiger partial charge >= 0.3 is 5.97 Å². The minimum atomic E-state index is -0.820. The molecule has 0 fully saturated rings. The number of benzene rings is 1. The predicted octanol–water partition coefficient (Wildman–Crippen LogP) is 2.95. The van der Waals surface area contributed by atoms with Gasteiger partial charge in [-0.05, 0) is 39.0 Å². The third-order valence-corrected chi connectivity index (χ3v) is 3.42. The Morgan fingerprint density at radius 3 is 2.71 bits per heavy atom. The van der Waals surface area contributed by atoms with Crippen molar-refractivity contribution in [1.82, 2.24) is 5.16 Å². The van der Waals surface area contributed by atoms with E-state index in [0.29, 0.717) is 17.3 Å². The zero-order valence-electron chi connectivity index (χ0n) is 14.0. The van der Waals surface area contributed by atoms with Crippen LogP contribution in [0.15, 0.2) is 22.7 Å². The molecule has 0 unspecified atom stereocenters. The highest BCUT2D eigenvalue weighted by atomic mass is 16.5. The van der Waals surface area contributed by atoms with Gasteiger partial charge in [-0.2, -0.15) is 5.26 Å². The SMILES string of the molecule is COc1cc(C(=O)O[C@@H](C)C#N)ccc1OCc1c(C)noc1C. The van der Waals surface area contributed by atoms with E-state index in [9.17, 15) is 4.79 Å². The molecule has 1 aromatic carbocycles. The molecule has 0 aliphatic rings. The number of methoxy groups -OCH3 is 1. The molecule has 0 radical (unpaired) electrons. The maximum Gasteiger partial charge on any atom is 0.339 e. The molecule has 0 N–H and O–H groups in total. The molecule has 2 rings (SSSR count). The van der Waals surface area contributed by atoms with Crippen molar-refractivity contribution in [2.45, 2.75) is 33.5 Å². The van der Waals surface area contributed by atoms with Gasteiger partial charge in [0.15, 0.2) is 17.6 Å². The van der Waals surface area contributed by atoms with Gasteiger partial charge in [-0.3, -0.25) is 0 Å². The number of carbonyl (C=O) groups excluding carboxylic acids is 1. The number of carbonyl (C=O) groups is 1. The second kappa shape index (κ2) is 7.51. The molecule has 0 aliphatic carbocycles. The van der Waals surface area contributed by atoms with Gasteiger partial charge in [-0.1, -0.05) is 5.16 Å². The number of ether oxygens (including phenoxy) is 3. The Balaban J connectivity index is 2.14. The number of nitriles is 1. The molecular formula is C17H18N2O5. The summed E-state index contributed by atoms with van der Waals surface area (Å²) < 4.78 is 21.1. The van der Waals surface area contributed by atoms with Crippen LogP contribution < -0.4 is 9.47 Å². The zero-order valence-corrected chi connectivity index (χ0v) is 14.0. The van der Waals surface area contributed by atoms with Crippen molar-refractivity contribution in [3.05, 3.63) is 40.8 Å². The lowest BCUT2D eigenvalue weighted by molar-refractivity contribution is 0.0435. The van der Waals surface area contributed by atoms with Crippen LogP contribution >= 0.6 is 0 Å². The molecule has 2 aromatic rings. The smallest absolute Gasteiger partial charge is 0.339 e. The highest BCUT2D eigenvalue weighted by Gasteiger charge is 2.16. The molecule has 7 nitrogen and oxygen atoms in total. The largest absolute Gasteiger partial charge is 0.493 e. The fraction of sp³-hybridized carbons (Fsp3) is 0.353. The fourth-order valence-corrected chi connectivity index (χ4v) is 2.03. The Morgan fingerprint density at radius 2 is 2.12 bits per heavy atom. The van der Waals surface area contributed by atoms with Crippen molar-refractivity contribution in [3.63, 3.8) is 0 Å². The third kappa shape index (κ3) is 3.84. The lowest BCUT2D eigenvalue weighted by Crippen LogP contribution is -2.13. The molecule has 0 amide bonds. The van der Waals surface area contributed by atoms with Crippen molar-refractivity contribution in [2.24, 2.45) is 0 Å². The Kier molecular flexibility index (Phi) is 5.42. The van der Waals surface area contributed by atoms with E-state index in [2.05, 4.69) is 5.16 Å². The number of nitrogens with zero attached hydrogens (tertiary/aromatic N) is 2. The van der Waals surface area contributed by atoms with Gasteiger partial charge in [-0.15, -0.1) is 0 Å². The minimum Gasteiger partial charge on any atom is -0.493 e. The van der Waals surface area contributed by atoms with Crippen molar-refractivity contribution >= 4 is 5.97 Å². The summed E-state index contributed by atoms with van der Waals surface area (Å²) in [6.07, 6.45) is -0.820. The Bertz CT molecular complexity index is 756. The highest BCUT2D eigenvalue weighted by Crippen LogP contribution is 2.29. The molecule has 0 aliphatic heterocycles. The van der Waals surface area contributed by atoms with Crippen LogP contribution in [0.4, 0.5) is 0 Å². The van der Waals surface area contributed by atoms with E-state index in [1.165, 1.54) is 20.1 Å². The van der Waals surface area contributed by atoms with Gasteiger partial charge < -0.3 is 18.7 Å². The second-order valence-electron chi connectivity index (χ2n) is 5.13. The van der Waals surface area contributed by atoms with E-state index in [0.717, 1.165) is 11.3 Å². The maximum absolute atomic E-state index is 11.9. The summed E-state index contributed by atoms with van der Waals surface area (Å²) in [4.78, 5) is 11.9. The summed E-state index contributed by atoms with van der Waals surface area (Å²) in [5, 5.41) is 12.6. The summed E-state index contributed by atoms with van der Waals surface area (Å²) in [5.41, 5.74) is 1.90. The lowest BCUT2D eigenvalue weighted by Gasteiger charge is -2.12. The molecule has 0 saturated heterocycles. The van der Waals surface area contributed by atoms with Crippen LogP contribution in [0, 0.1) is 25.2 Å². The van der Waals surface area contributed by atoms with E-state index < -0.39 is 12.1 Å². The average molecular weight is 330 g/mol. The summed E-state index contributed by atoms with van der Waals surface area (Å²) in [7, 11) is 1.48. The van der Waals surface area contributed by atoms with E-state index in [1.807, 2.05) is 19.9 Å². The molecule has 1 heterocycles. The van der Waals surface area contributed by atoms with E-state index in [4.69, 9.17) is 24.0 Å². The molecule has 7 heteroatoms. The highest BCUT2D eigenvalue weighted by molar-refractivity contribution is 5.90. The topological polar surface area (TPSA) is 94.6 Å². The van der Waals surface area contributed by atoms with E-state index in [1.54, 1.807) is 12.1 Å². The van der Waals surface area contributed by atoms with Crippen LogP contribution in [0.5, 0.6) is 11.5 Å². The number of hydrogen-bond acceptors (Lipinski definition) is 7. The predicted molar refractivity (Wildman–Crippen MR) is 83.8 cm³/mol. The Labute approximate surface area is 139 Å². The number of rotatable bonds is 6. The zero-order chi connectivity index (χ0) is 17.7. The molecule has 1 atom stereocenters. The van der Waals surface area contributed by atoms with Gasteiger partial charge in [0.1, 0.15) is 18.4 Å². The van der Waals surface area contributed by atoms with Gasteiger partial charge in [-0.25, -0.2) is 4.79 Å². The summed E-state index contributed by atoms with van der Waals surface area (Å²) >= 11 is 0. The van der Waals surface area contributed by atoms with Gasteiger partial charge in [0, 0.05) is 0 Å². The third-order valence-electron chi connectivity index (χ3n) is 3.42. The standard InChI is InChI=1S/C17H18N2O5/c1-10(8-18)23-17(20)13-5-6-15(16(7-13)21-4)22-9-14-11(2)19-24-12(14)3/h5-7,10H,9H2,1-4H3/t10-/m0/s1. The summed E-state index contributed by atoms with van der Waals surface area (Å²) in [6, 6.07) is 6.52. The van der Waals surface area contributed by atoms with Crippen molar-refractivity contribution < 1.29 is 23.5 Å². The quantitative estimate of drug-likeness (QED) is 0.751. The normalized spacial score (nSPS) is 11.5.